The molecule has 0 unspecified atom stereocenters. The van der Waals surface area contributed by atoms with Crippen molar-refractivity contribution in [1.82, 2.24) is 14.7 Å². The number of hydrogen-bond acceptors (Lipinski definition) is 14. The number of esters is 5. The zero-order valence-corrected chi connectivity index (χ0v) is 32.8. The van der Waals surface area contributed by atoms with Gasteiger partial charge in [-0.15, -0.1) is 0 Å². The molecule has 0 aromatic heterocycles. The summed E-state index contributed by atoms with van der Waals surface area (Å²) in [6, 6.07) is -0.840. The van der Waals surface area contributed by atoms with E-state index in [1.807, 2.05) is 0 Å². The second kappa shape index (κ2) is 19.0. The molecular formula is C35H65N3O11. The molecule has 0 spiro atoms. The summed E-state index contributed by atoms with van der Waals surface area (Å²) >= 11 is 0. The van der Waals surface area contributed by atoms with Gasteiger partial charge in [0.25, 0.3) is 0 Å². The SMILES string of the molecule is CC(C)(C)OC(=O)CN(CCN(CC(=O)OC(C)(C)C)C[C@H](CO)N(CC(=O)OC(C)(C)C)CC(=O)OC(C)(C)C)CC(=O)OC(C)(C)C. The molecule has 0 radical (unpaired) electrons. The fourth-order valence-electron chi connectivity index (χ4n) is 4.38. The average molecular weight is 704 g/mol. The lowest BCUT2D eigenvalue weighted by Crippen LogP contribution is -2.53. The van der Waals surface area contributed by atoms with Crippen molar-refractivity contribution >= 4 is 29.8 Å². The van der Waals surface area contributed by atoms with E-state index in [4.69, 9.17) is 23.7 Å². The third kappa shape index (κ3) is 25.8. The van der Waals surface area contributed by atoms with Gasteiger partial charge in [-0.3, -0.25) is 38.7 Å². The van der Waals surface area contributed by atoms with E-state index in [0.29, 0.717) is 0 Å². The highest BCUT2D eigenvalue weighted by Gasteiger charge is 2.31. The molecule has 0 aromatic rings. The Hall–Kier alpha value is -2.81. The molecule has 1 atom stereocenters. The summed E-state index contributed by atoms with van der Waals surface area (Å²) in [5.41, 5.74) is -3.87. The van der Waals surface area contributed by atoms with E-state index in [1.54, 1.807) is 114 Å². The predicted molar refractivity (Wildman–Crippen MR) is 185 cm³/mol. The summed E-state index contributed by atoms with van der Waals surface area (Å²) in [5.74, 6) is -2.89. The highest BCUT2D eigenvalue weighted by Crippen LogP contribution is 2.15. The summed E-state index contributed by atoms with van der Waals surface area (Å²) in [5, 5.41) is 10.6. The van der Waals surface area contributed by atoms with Gasteiger partial charge in [0, 0.05) is 25.7 Å². The molecule has 0 rings (SSSR count). The lowest BCUT2D eigenvalue weighted by molar-refractivity contribution is -0.163. The molecule has 0 aliphatic rings. The largest absolute Gasteiger partial charge is 0.459 e. The van der Waals surface area contributed by atoms with Crippen molar-refractivity contribution in [1.29, 1.82) is 0 Å². The molecule has 14 heteroatoms. The summed E-state index contributed by atoms with van der Waals surface area (Å²) in [7, 11) is 0. The number of carbonyl (C=O) groups is 5. The quantitative estimate of drug-likeness (QED) is 0.174. The molecule has 286 valence electrons. The summed E-state index contributed by atoms with van der Waals surface area (Å²) in [6.07, 6.45) is 0. The van der Waals surface area contributed by atoms with E-state index in [2.05, 4.69) is 0 Å². The Balaban J connectivity index is 6.43. The van der Waals surface area contributed by atoms with Crippen molar-refractivity contribution in [2.24, 2.45) is 0 Å². The molecule has 0 amide bonds. The van der Waals surface area contributed by atoms with E-state index in [0.717, 1.165) is 0 Å². The fourth-order valence-corrected chi connectivity index (χ4v) is 4.38. The van der Waals surface area contributed by atoms with E-state index >= 15 is 0 Å². The number of aliphatic hydroxyl groups excluding tert-OH is 1. The number of ether oxygens (including phenoxy) is 5. The first-order valence-electron chi connectivity index (χ1n) is 16.8. The monoisotopic (exact) mass is 703 g/mol. The molecule has 0 aliphatic heterocycles. The maximum atomic E-state index is 13.0. The molecule has 0 bridgehead atoms. The predicted octanol–water partition coefficient (Wildman–Crippen LogP) is 2.96. The Bertz CT molecular complexity index is 1030. The number of rotatable bonds is 17. The minimum Gasteiger partial charge on any atom is -0.459 e. The highest BCUT2D eigenvalue weighted by atomic mass is 16.6. The normalized spacial score (nSPS) is 13.7. The van der Waals surface area contributed by atoms with Crippen LogP contribution in [-0.4, -0.2) is 143 Å². The third-order valence-electron chi connectivity index (χ3n) is 5.75. The minimum absolute atomic E-state index is 0.00590. The van der Waals surface area contributed by atoms with E-state index < -0.39 is 70.5 Å². The summed E-state index contributed by atoms with van der Waals surface area (Å²) in [6.45, 7) is 24.3. The van der Waals surface area contributed by atoms with Crippen molar-refractivity contribution in [2.75, 3.05) is 59.0 Å². The topological polar surface area (TPSA) is 161 Å². The number of carbonyl (C=O) groups excluding carboxylic acids is 5. The van der Waals surface area contributed by atoms with Crippen molar-refractivity contribution in [2.45, 2.75) is 138 Å². The van der Waals surface area contributed by atoms with Crippen LogP contribution in [0.4, 0.5) is 0 Å². The lowest BCUT2D eigenvalue weighted by atomic mass is 10.2. The van der Waals surface area contributed by atoms with Gasteiger partial charge in [-0.25, -0.2) is 0 Å². The molecule has 1 N–H and O–H groups in total. The van der Waals surface area contributed by atoms with E-state index in [-0.39, 0.29) is 52.4 Å². The highest BCUT2D eigenvalue weighted by molar-refractivity contribution is 5.76. The minimum atomic E-state index is -0.840. The molecular weight excluding hydrogens is 638 g/mol. The first-order chi connectivity index (χ1) is 21.9. The van der Waals surface area contributed by atoms with Gasteiger partial charge >= 0.3 is 29.8 Å². The average Bonchev–Trinajstić information content (AvgIpc) is 2.78. The van der Waals surface area contributed by atoms with Crippen molar-refractivity contribution in [3.8, 4) is 0 Å². The van der Waals surface area contributed by atoms with Crippen LogP contribution in [0.15, 0.2) is 0 Å². The molecule has 0 fully saturated rings. The van der Waals surface area contributed by atoms with Gasteiger partial charge in [-0.2, -0.15) is 0 Å². The standard InChI is InChI=1S/C35H65N3O11/c1-31(2,3)45-26(40)19-36(16-17-37(20-27(41)46-32(4,5)6)21-28(42)47-33(7,8)9)18-25(24-39)38(22-29(43)48-34(10,11)12)23-30(44)49-35(13,14)15/h25,39H,16-24H2,1-15H3/t25-/m1/s1. The molecule has 0 aromatic carbocycles. The van der Waals surface area contributed by atoms with Crippen LogP contribution in [0.1, 0.15) is 104 Å². The van der Waals surface area contributed by atoms with Gasteiger partial charge < -0.3 is 28.8 Å². The van der Waals surface area contributed by atoms with Gasteiger partial charge in [0.1, 0.15) is 28.0 Å². The van der Waals surface area contributed by atoms with Crippen molar-refractivity contribution < 1.29 is 52.8 Å². The second-order valence-corrected chi connectivity index (χ2v) is 17.1. The van der Waals surface area contributed by atoms with Crippen LogP contribution in [0.2, 0.25) is 0 Å². The lowest BCUT2D eigenvalue weighted by Gasteiger charge is -2.35. The van der Waals surface area contributed by atoms with Crippen LogP contribution in [0.25, 0.3) is 0 Å². The molecule has 0 aliphatic carbocycles. The van der Waals surface area contributed by atoms with Crippen LogP contribution < -0.4 is 0 Å². The Labute approximate surface area is 294 Å². The Morgan fingerprint density at radius 1 is 0.449 bits per heavy atom. The molecule has 0 saturated heterocycles. The first kappa shape index (κ1) is 46.2. The molecule has 14 nitrogen and oxygen atoms in total. The number of aliphatic hydroxyl groups is 1. The smallest absolute Gasteiger partial charge is 0.320 e. The summed E-state index contributed by atoms with van der Waals surface area (Å²) < 4.78 is 27.5. The van der Waals surface area contributed by atoms with Crippen molar-refractivity contribution in [3.05, 3.63) is 0 Å². The van der Waals surface area contributed by atoms with Gasteiger partial charge in [0.15, 0.2) is 0 Å². The van der Waals surface area contributed by atoms with Crippen LogP contribution in [-0.2, 0) is 47.7 Å². The van der Waals surface area contributed by atoms with Crippen LogP contribution in [0.5, 0.6) is 0 Å². The number of nitrogens with zero attached hydrogens (tertiary/aromatic N) is 3. The molecule has 0 heterocycles. The Morgan fingerprint density at radius 3 is 0.959 bits per heavy atom. The van der Waals surface area contributed by atoms with Crippen molar-refractivity contribution in [3.63, 3.8) is 0 Å². The maximum absolute atomic E-state index is 13.0. The van der Waals surface area contributed by atoms with Crippen LogP contribution in [0.3, 0.4) is 0 Å². The van der Waals surface area contributed by atoms with E-state index in [9.17, 15) is 29.1 Å². The van der Waals surface area contributed by atoms with Gasteiger partial charge in [0.05, 0.1) is 39.3 Å². The third-order valence-corrected chi connectivity index (χ3v) is 5.75. The Kier molecular flexibility index (Phi) is 17.9. The number of hydrogen-bond donors (Lipinski definition) is 1. The molecule has 0 saturated carbocycles. The maximum Gasteiger partial charge on any atom is 0.320 e. The fraction of sp³-hybridized carbons (Fsp3) is 0.857. The zero-order chi connectivity index (χ0) is 38.6. The van der Waals surface area contributed by atoms with Gasteiger partial charge in [0.2, 0.25) is 0 Å². The van der Waals surface area contributed by atoms with Gasteiger partial charge in [-0.05, 0) is 104 Å². The summed E-state index contributed by atoms with van der Waals surface area (Å²) in [4.78, 5) is 69.1. The second-order valence-electron chi connectivity index (χ2n) is 17.1. The van der Waals surface area contributed by atoms with Gasteiger partial charge in [-0.1, -0.05) is 0 Å². The van der Waals surface area contributed by atoms with E-state index in [1.165, 1.54) is 4.90 Å². The first-order valence-corrected chi connectivity index (χ1v) is 16.8. The Morgan fingerprint density at radius 2 is 0.694 bits per heavy atom. The zero-order valence-electron chi connectivity index (χ0n) is 32.8. The molecule has 49 heavy (non-hydrogen) atoms. The van der Waals surface area contributed by atoms with Crippen LogP contribution in [0, 0.1) is 0 Å². The van der Waals surface area contributed by atoms with Crippen LogP contribution >= 0.6 is 0 Å².